The molecule has 7 nitrogen and oxygen atoms in total. The summed E-state index contributed by atoms with van der Waals surface area (Å²) in [6, 6.07) is 0. The number of aromatic nitrogens is 2. The largest absolute Gasteiger partial charge is 0.481 e. The zero-order valence-electron chi connectivity index (χ0n) is 9.46. The van der Waals surface area contributed by atoms with E-state index in [4.69, 9.17) is 9.84 Å². The number of methoxy groups -OCH3 is 1. The monoisotopic (exact) mass is 315 g/mol. The van der Waals surface area contributed by atoms with Gasteiger partial charge < -0.3 is 9.84 Å². The molecule has 0 aliphatic carbocycles. The van der Waals surface area contributed by atoms with Crippen molar-refractivity contribution in [2.75, 3.05) is 18.6 Å². The quantitative estimate of drug-likeness (QED) is 0.882. The van der Waals surface area contributed by atoms with E-state index in [2.05, 4.69) is 25.9 Å². The van der Waals surface area contributed by atoms with Gasteiger partial charge in [-0.05, 0) is 15.9 Å². The Labute approximate surface area is 111 Å². The smallest absolute Gasteiger partial charge is 0.308 e. The minimum absolute atomic E-state index is 0.0315. The number of anilines is 1. The van der Waals surface area contributed by atoms with Crippen molar-refractivity contribution in [2.24, 2.45) is 5.92 Å². The molecule has 2 rings (SSSR count). The van der Waals surface area contributed by atoms with Gasteiger partial charge in [-0.25, -0.2) is 9.97 Å². The van der Waals surface area contributed by atoms with Crippen LogP contribution in [0.5, 0.6) is 5.88 Å². The van der Waals surface area contributed by atoms with E-state index in [-0.39, 0.29) is 30.6 Å². The maximum Gasteiger partial charge on any atom is 0.308 e. The second-order valence-electron chi connectivity index (χ2n) is 3.77. The van der Waals surface area contributed by atoms with E-state index in [9.17, 15) is 9.59 Å². The van der Waals surface area contributed by atoms with Crippen LogP contribution in [0.2, 0.25) is 0 Å². The van der Waals surface area contributed by atoms with Crippen LogP contribution in [0.4, 0.5) is 5.82 Å². The predicted molar refractivity (Wildman–Crippen MR) is 64.4 cm³/mol. The number of ether oxygens (including phenoxy) is 1. The fourth-order valence-corrected chi connectivity index (χ4v) is 2.01. The average Bonchev–Trinajstić information content (AvgIpc) is 2.71. The summed E-state index contributed by atoms with van der Waals surface area (Å²) in [7, 11) is 1.41. The van der Waals surface area contributed by atoms with E-state index < -0.39 is 11.9 Å². The van der Waals surface area contributed by atoms with Crippen molar-refractivity contribution in [1.82, 2.24) is 9.97 Å². The number of carbonyl (C=O) groups is 2. The molecule has 18 heavy (non-hydrogen) atoms. The first kappa shape index (κ1) is 12.7. The molecule has 1 aliphatic rings. The highest BCUT2D eigenvalue weighted by Gasteiger charge is 2.37. The van der Waals surface area contributed by atoms with Gasteiger partial charge in [-0.1, -0.05) is 0 Å². The van der Waals surface area contributed by atoms with E-state index >= 15 is 0 Å². The molecule has 1 aromatic rings. The van der Waals surface area contributed by atoms with Crippen molar-refractivity contribution in [1.29, 1.82) is 0 Å². The molecule has 1 amide bonds. The highest BCUT2D eigenvalue weighted by atomic mass is 79.9. The number of carboxylic acids is 1. The van der Waals surface area contributed by atoms with E-state index in [1.165, 1.54) is 18.2 Å². The summed E-state index contributed by atoms with van der Waals surface area (Å²) in [5, 5.41) is 8.91. The number of hydrogen-bond acceptors (Lipinski definition) is 5. The maximum absolute atomic E-state index is 11.8. The molecule has 2 heterocycles. The fourth-order valence-electron chi connectivity index (χ4n) is 1.75. The summed E-state index contributed by atoms with van der Waals surface area (Å²) in [4.78, 5) is 32.0. The molecule has 0 spiro atoms. The van der Waals surface area contributed by atoms with Gasteiger partial charge in [-0.15, -0.1) is 0 Å². The van der Waals surface area contributed by atoms with Crippen molar-refractivity contribution in [3.05, 3.63) is 10.8 Å². The number of aliphatic carboxylic acids is 1. The van der Waals surface area contributed by atoms with Gasteiger partial charge in [-0.3, -0.25) is 14.5 Å². The molecule has 8 heteroatoms. The first-order valence-electron chi connectivity index (χ1n) is 5.12. The third kappa shape index (κ3) is 2.28. The molecule has 0 bridgehead atoms. The second kappa shape index (κ2) is 4.89. The van der Waals surface area contributed by atoms with E-state index in [0.29, 0.717) is 4.60 Å². The minimum Gasteiger partial charge on any atom is -0.481 e. The van der Waals surface area contributed by atoms with Gasteiger partial charge in [0.2, 0.25) is 5.91 Å². The van der Waals surface area contributed by atoms with Crippen LogP contribution in [0.1, 0.15) is 6.42 Å². The maximum atomic E-state index is 11.8. The van der Waals surface area contributed by atoms with Crippen LogP contribution in [0.3, 0.4) is 0 Å². The average molecular weight is 316 g/mol. The van der Waals surface area contributed by atoms with Crippen LogP contribution in [0.25, 0.3) is 0 Å². The third-order valence-electron chi connectivity index (χ3n) is 2.62. The molecule has 96 valence electrons. The van der Waals surface area contributed by atoms with Crippen molar-refractivity contribution in [3.8, 4) is 5.88 Å². The summed E-state index contributed by atoms with van der Waals surface area (Å²) >= 11 is 3.14. The topological polar surface area (TPSA) is 92.6 Å². The number of carboxylic acid groups (broad SMARTS) is 1. The van der Waals surface area contributed by atoms with Gasteiger partial charge in [0.1, 0.15) is 4.60 Å². The molecule has 1 unspecified atom stereocenters. The molecular weight excluding hydrogens is 306 g/mol. The van der Waals surface area contributed by atoms with E-state index in [1.54, 1.807) is 0 Å². The molecule has 1 fully saturated rings. The van der Waals surface area contributed by atoms with Gasteiger partial charge in [0, 0.05) is 13.0 Å². The van der Waals surface area contributed by atoms with Crippen molar-refractivity contribution in [2.45, 2.75) is 6.42 Å². The number of rotatable bonds is 3. The number of nitrogens with zero attached hydrogens (tertiary/aromatic N) is 3. The lowest BCUT2D eigenvalue weighted by atomic mass is 10.1. The van der Waals surface area contributed by atoms with Crippen molar-refractivity contribution in [3.63, 3.8) is 0 Å². The van der Waals surface area contributed by atoms with Gasteiger partial charge in [0.25, 0.3) is 5.88 Å². The van der Waals surface area contributed by atoms with Crippen LogP contribution in [0.15, 0.2) is 10.8 Å². The number of amides is 1. The molecule has 0 aromatic carbocycles. The summed E-state index contributed by atoms with van der Waals surface area (Å²) in [5.74, 6) is -1.57. The summed E-state index contributed by atoms with van der Waals surface area (Å²) in [5.41, 5.74) is 0. The zero-order valence-corrected chi connectivity index (χ0v) is 11.0. The first-order valence-corrected chi connectivity index (χ1v) is 5.92. The van der Waals surface area contributed by atoms with Crippen LogP contribution in [0, 0.1) is 5.92 Å². The minimum atomic E-state index is -0.991. The highest BCUT2D eigenvalue weighted by Crippen LogP contribution is 2.30. The summed E-state index contributed by atoms with van der Waals surface area (Å²) in [6.45, 7) is 0.0842. The van der Waals surface area contributed by atoms with Gasteiger partial charge in [-0.2, -0.15) is 0 Å². The molecule has 1 aromatic heterocycles. The Bertz CT molecular complexity index is 508. The highest BCUT2D eigenvalue weighted by molar-refractivity contribution is 9.10. The molecule has 0 radical (unpaired) electrons. The first-order chi connectivity index (χ1) is 8.52. The van der Waals surface area contributed by atoms with Crippen LogP contribution < -0.4 is 9.64 Å². The summed E-state index contributed by atoms with van der Waals surface area (Å²) < 4.78 is 5.51. The normalized spacial score (nSPS) is 19.1. The molecule has 1 atom stereocenters. The van der Waals surface area contributed by atoms with E-state index in [0.717, 1.165) is 0 Å². The Morgan fingerprint density at radius 3 is 2.94 bits per heavy atom. The molecule has 1 aliphatic heterocycles. The second-order valence-corrected chi connectivity index (χ2v) is 4.58. The zero-order chi connectivity index (χ0) is 13.3. The van der Waals surface area contributed by atoms with Crippen LogP contribution in [-0.2, 0) is 9.59 Å². The van der Waals surface area contributed by atoms with Gasteiger partial charge >= 0.3 is 5.97 Å². The Morgan fingerprint density at radius 2 is 2.39 bits per heavy atom. The van der Waals surface area contributed by atoms with E-state index in [1.807, 2.05) is 0 Å². The Hall–Kier alpha value is -1.70. The van der Waals surface area contributed by atoms with Crippen LogP contribution >= 0.6 is 15.9 Å². The van der Waals surface area contributed by atoms with Crippen molar-refractivity contribution >= 4 is 33.6 Å². The lowest BCUT2D eigenvalue weighted by molar-refractivity contribution is -0.141. The summed E-state index contributed by atoms with van der Waals surface area (Å²) in [6.07, 6.45) is 1.40. The Morgan fingerprint density at radius 1 is 1.67 bits per heavy atom. The molecule has 0 saturated carbocycles. The third-order valence-corrected chi connectivity index (χ3v) is 3.00. The fraction of sp³-hybridized carbons (Fsp3) is 0.400. The van der Waals surface area contributed by atoms with Gasteiger partial charge in [0.05, 0.1) is 19.2 Å². The predicted octanol–water partition coefficient (Wildman–Crippen LogP) is 0.685. The van der Waals surface area contributed by atoms with Crippen molar-refractivity contribution < 1.29 is 19.4 Å². The standard InChI is InChI=1S/C10H10BrN3O4/c1-18-9-8(12-3-6(11)13-9)14-4-5(10(16)17)2-7(14)15/h3,5H,2,4H2,1H3,(H,16,17). The number of halogens is 1. The van der Waals surface area contributed by atoms with Gasteiger partial charge in [0.15, 0.2) is 5.82 Å². The molecule has 1 N–H and O–H groups in total. The molecular formula is C10H10BrN3O4. The lowest BCUT2D eigenvalue weighted by Crippen LogP contribution is -2.27. The Balaban J connectivity index is 2.32. The number of hydrogen-bond donors (Lipinski definition) is 1. The SMILES string of the molecule is COc1nc(Br)cnc1N1CC(C(=O)O)CC1=O. The molecule has 1 saturated heterocycles. The number of carbonyl (C=O) groups excluding carboxylic acids is 1. The lowest BCUT2D eigenvalue weighted by Gasteiger charge is -2.16. The Kier molecular flexibility index (Phi) is 3.46. The van der Waals surface area contributed by atoms with Crippen LogP contribution in [-0.4, -0.2) is 40.6 Å².